The van der Waals surface area contributed by atoms with Gasteiger partial charge in [0.15, 0.2) is 0 Å². The van der Waals surface area contributed by atoms with E-state index in [0.29, 0.717) is 10.8 Å². The second-order valence-corrected chi connectivity index (χ2v) is 5.67. The average molecular weight is 254 g/mol. The summed E-state index contributed by atoms with van der Waals surface area (Å²) in [5.41, 5.74) is 7.23. The molecule has 4 N–H and O–H groups in total. The SMILES string of the molecule is Cc1sc(C(N)=O)c(CO)c1C1CCCNC1. The zero-order chi connectivity index (χ0) is 12.4. The van der Waals surface area contributed by atoms with Crippen LogP contribution in [-0.2, 0) is 6.61 Å². The second-order valence-electron chi connectivity index (χ2n) is 4.45. The van der Waals surface area contributed by atoms with Crippen molar-refractivity contribution in [2.24, 2.45) is 5.73 Å². The number of primary amides is 1. The van der Waals surface area contributed by atoms with E-state index in [0.717, 1.165) is 41.9 Å². The molecule has 94 valence electrons. The molecule has 1 aliphatic heterocycles. The number of aliphatic hydroxyl groups excluding tert-OH is 1. The highest BCUT2D eigenvalue weighted by atomic mass is 32.1. The first-order valence-corrected chi connectivity index (χ1v) is 6.70. The monoisotopic (exact) mass is 254 g/mol. The van der Waals surface area contributed by atoms with Crippen molar-refractivity contribution < 1.29 is 9.90 Å². The van der Waals surface area contributed by atoms with Crippen LogP contribution in [0.4, 0.5) is 0 Å². The summed E-state index contributed by atoms with van der Waals surface area (Å²) in [5.74, 6) is -0.0348. The molecule has 1 aromatic rings. The van der Waals surface area contributed by atoms with Crippen LogP contribution in [0.1, 0.15) is 44.4 Å². The minimum Gasteiger partial charge on any atom is -0.392 e. The molecule has 0 aliphatic carbocycles. The molecule has 1 aromatic heterocycles. The fraction of sp³-hybridized carbons (Fsp3) is 0.583. The van der Waals surface area contributed by atoms with Crippen molar-refractivity contribution in [1.29, 1.82) is 0 Å². The first kappa shape index (κ1) is 12.5. The van der Waals surface area contributed by atoms with Gasteiger partial charge < -0.3 is 16.2 Å². The number of thiophene rings is 1. The van der Waals surface area contributed by atoms with Gasteiger partial charge >= 0.3 is 0 Å². The average Bonchev–Trinajstić information content (AvgIpc) is 2.67. The standard InChI is InChI=1S/C12H18N2O2S/c1-7-10(8-3-2-4-14-5-8)9(6-15)11(17-7)12(13)16/h8,14-15H,2-6H2,1H3,(H2,13,16). The van der Waals surface area contributed by atoms with E-state index in [9.17, 15) is 9.90 Å². The molecule has 0 spiro atoms. The van der Waals surface area contributed by atoms with Crippen LogP contribution in [0.5, 0.6) is 0 Å². The predicted octanol–water partition coefficient (Wildman–Crippen LogP) is 1.11. The molecule has 1 fully saturated rings. The number of nitrogens with one attached hydrogen (secondary N) is 1. The molecular weight excluding hydrogens is 236 g/mol. The molecule has 5 heteroatoms. The van der Waals surface area contributed by atoms with E-state index in [1.54, 1.807) is 0 Å². The fourth-order valence-electron chi connectivity index (χ4n) is 2.59. The van der Waals surface area contributed by atoms with E-state index in [-0.39, 0.29) is 6.61 Å². The van der Waals surface area contributed by atoms with Crippen molar-refractivity contribution in [3.63, 3.8) is 0 Å². The van der Waals surface area contributed by atoms with Crippen LogP contribution in [0.2, 0.25) is 0 Å². The zero-order valence-corrected chi connectivity index (χ0v) is 10.8. The van der Waals surface area contributed by atoms with Gasteiger partial charge in [0.25, 0.3) is 5.91 Å². The van der Waals surface area contributed by atoms with E-state index >= 15 is 0 Å². The van der Waals surface area contributed by atoms with Crippen molar-refractivity contribution in [3.05, 3.63) is 20.9 Å². The molecule has 1 amide bonds. The maximum Gasteiger partial charge on any atom is 0.259 e. The summed E-state index contributed by atoms with van der Waals surface area (Å²) in [7, 11) is 0. The molecule has 0 radical (unpaired) electrons. The summed E-state index contributed by atoms with van der Waals surface area (Å²) in [5, 5.41) is 12.8. The largest absolute Gasteiger partial charge is 0.392 e. The summed E-state index contributed by atoms with van der Waals surface area (Å²) >= 11 is 1.40. The third-order valence-electron chi connectivity index (χ3n) is 3.32. The summed E-state index contributed by atoms with van der Waals surface area (Å²) in [4.78, 5) is 13.0. The lowest BCUT2D eigenvalue weighted by atomic mass is 9.88. The number of hydrogen-bond donors (Lipinski definition) is 3. The number of aliphatic hydroxyl groups is 1. The number of carbonyl (C=O) groups excluding carboxylic acids is 1. The Bertz CT molecular complexity index is 422. The van der Waals surface area contributed by atoms with Gasteiger partial charge in [0.05, 0.1) is 11.5 Å². The molecule has 1 saturated heterocycles. The van der Waals surface area contributed by atoms with Gasteiger partial charge in [0, 0.05) is 17.0 Å². The number of nitrogens with two attached hydrogens (primary N) is 1. The molecule has 0 saturated carbocycles. The predicted molar refractivity (Wildman–Crippen MR) is 68.3 cm³/mol. The number of piperidine rings is 1. The maximum atomic E-state index is 11.3. The third kappa shape index (κ3) is 2.36. The Morgan fingerprint density at radius 2 is 2.41 bits per heavy atom. The van der Waals surface area contributed by atoms with Gasteiger partial charge in [-0.3, -0.25) is 4.79 Å². The Morgan fingerprint density at radius 3 is 2.94 bits per heavy atom. The molecule has 0 bridgehead atoms. The minimum atomic E-state index is -0.433. The molecule has 0 aromatic carbocycles. The normalized spacial score (nSPS) is 20.5. The molecule has 1 atom stereocenters. The van der Waals surface area contributed by atoms with Crippen LogP contribution in [-0.4, -0.2) is 24.1 Å². The number of rotatable bonds is 3. The Balaban J connectivity index is 2.40. The Labute approximate surface area is 105 Å². The van der Waals surface area contributed by atoms with Crippen molar-refractivity contribution in [3.8, 4) is 0 Å². The van der Waals surface area contributed by atoms with Gasteiger partial charge in [-0.05, 0) is 37.8 Å². The maximum absolute atomic E-state index is 11.3. The van der Waals surface area contributed by atoms with Gasteiger partial charge in [0.1, 0.15) is 0 Å². The lowest BCUT2D eigenvalue weighted by Crippen LogP contribution is -2.29. The molecule has 4 nitrogen and oxygen atoms in total. The molecule has 17 heavy (non-hydrogen) atoms. The van der Waals surface area contributed by atoms with Crippen molar-refractivity contribution in [1.82, 2.24) is 5.32 Å². The van der Waals surface area contributed by atoms with Gasteiger partial charge in [-0.1, -0.05) is 0 Å². The Kier molecular flexibility index (Phi) is 3.81. The highest BCUT2D eigenvalue weighted by molar-refractivity contribution is 7.14. The molecule has 1 unspecified atom stereocenters. The summed E-state index contributed by atoms with van der Waals surface area (Å²) < 4.78 is 0. The van der Waals surface area contributed by atoms with E-state index in [2.05, 4.69) is 5.32 Å². The van der Waals surface area contributed by atoms with E-state index in [4.69, 9.17) is 5.73 Å². The smallest absolute Gasteiger partial charge is 0.259 e. The second kappa shape index (κ2) is 5.16. The number of aryl methyl sites for hydroxylation is 1. The van der Waals surface area contributed by atoms with Crippen molar-refractivity contribution in [2.45, 2.75) is 32.3 Å². The van der Waals surface area contributed by atoms with Gasteiger partial charge in [0.2, 0.25) is 0 Å². The van der Waals surface area contributed by atoms with E-state index in [1.807, 2.05) is 6.92 Å². The fourth-order valence-corrected chi connectivity index (χ4v) is 3.70. The minimum absolute atomic E-state index is 0.103. The van der Waals surface area contributed by atoms with E-state index < -0.39 is 5.91 Å². The topological polar surface area (TPSA) is 75.4 Å². The summed E-state index contributed by atoms with van der Waals surface area (Å²) in [6.07, 6.45) is 2.24. The Hall–Kier alpha value is -0.910. The lowest BCUT2D eigenvalue weighted by Gasteiger charge is -2.24. The van der Waals surface area contributed by atoms with Gasteiger partial charge in [-0.25, -0.2) is 0 Å². The van der Waals surface area contributed by atoms with Gasteiger partial charge in [-0.15, -0.1) is 11.3 Å². The van der Waals surface area contributed by atoms with Crippen LogP contribution in [0.15, 0.2) is 0 Å². The first-order valence-electron chi connectivity index (χ1n) is 5.88. The summed E-state index contributed by atoms with van der Waals surface area (Å²) in [6, 6.07) is 0. The van der Waals surface area contributed by atoms with Crippen LogP contribution in [0.25, 0.3) is 0 Å². The summed E-state index contributed by atoms with van der Waals surface area (Å²) in [6.45, 7) is 3.87. The Morgan fingerprint density at radius 1 is 1.65 bits per heavy atom. The third-order valence-corrected chi connectivity index (χ3v) is 4.50. The molecule has 2 heterocycles. The highest BCUT2D eigenvalue weighted by Gasteiger charge is 2.25. The van der Waals surface area contributed by atoms with Crippen LogP contribution >= 0.6 is 11.3 Å². The van der Waals surface area contributed by atoms with Crippen LogP contribution in [0.3, 0.4) is 0 Å². The lowest BCUT2D eigenvalue weighted by molar-refractivity contribution is 0.100. The van der Waals surface area contributed by atoms with Gasteiger partial charge in [-0.2, -0.15) is 0 Å². The van der Waals surface area contributed by atoms with Crippen molar-refractivity contribution >= 4 is 17.2 Å². The van der Waals surface area contributed by atoms with Crippen molar-refractivity contribution in [2.75, 3.05) is 13.1 Å². The van der Waals surface area contributed by atoms with Crippen LogP contribution < -0.4 is 11.1 Å². The zero-order valence-electron chi connectivity index (χ0n) is 9.95. The molecular formula is C12H18N2O2S. The quantitative estimate of drug-likeness (QED) is 0.756. The molecule has 2 rings (SSSR count). The van der Waals surface area contributed by atoms with E-state index in [1.165, 1.54) is 11.3 Å². The first-order chi connectivity index (χ1) is 8.15. The molecule has 1 aliphatic rings. The number of hydrogen-bond acceptors (Lipinski definition) is 4. The number of carbonyl (C=O) groups is 1. The highest BCUT2D eigenvalue weighted by Crippen LogP contribution is 2.36. The van der Waals surface area contributed by atoms with Crippen LogP contribution in [0, 0.1) is 6.92 Å². The number of amides is 1.